The van der Waals surface area contributed by atoms with E-state index in [0.717, 1.165) is 16.3 Å². The molecule has 1 aliphatic rings. The Kier molecular flexibility index (Phi) is 5.05. The maximum absolute atomic E-state index is 11.7. The number of rotatable bonds is 3. The molecule has 2 nitrogen and oxygen atoms in total. The van der Waals surface area contributed by atoms with E-state index in [0.29, 0.717) is 5.56 Å². The van der Waals surface area contributed by atoms with Gasteiger partial charge in [0.15, 0.2) is 0 Å². The number of carbonyl (C=O) groups excluding carboxylic acids is 1. The average Bonchev–Trinajstić information content (AvgIpc) is 2.74. The zero-order valence-electron chi connectivity index (χ0n) is 18.6. The van der Waals surface area contributed by atoms with Gasteiger partial charge in [-0.25, -0.2) is 4.79 Å². The molecular formula is C28H30O2. The first-order valence-corrected chi connectivity index (χ1v) is 10.6. The fourth-order valence-corrected chi connectivity index (χ4v) is 4.52. The Morgan fingerprint density at radius 3 is 2.03 bits per heavy atom. The Balaban J connectivity index is 1.64. The van der Waals surface area contributed by atoms with E-state index in [1.807, 2.05) is 18.2 Å². The number of ether oxygens (including phenoxy) is 1. The average molecular weight is 399 g/mol. The van der Waals surface area contributed by atoms with Crippen LogP contribution in [0.15, 0.2) is 54.6 Å². The van der Waals surface area contributed by atoms with Crippen LogP contribution in [-0.2, 0) is 15.6 Å². The summed E-state index contributed by atoms with van der Waals surface area (Å²) < 4.78 is 4.81. The lowest BCUT2D eigenvalue weighted by atomic mass is 9.63. The zero-order valence-corrected chi connectivity index (χ0v) is 18.6. The first kappa shape index (κ1) is 20.4. The second-order valence-corrected chi connectivity index (χ2v) is 9.72. The molecule has 0 N–H and O–H groups in total. The number of benzene rings is 3. The smallest absolute Gasteiger partial charge is 0.337 e. The minimum absolute atomic E-state index is 0.217. The fraction of sp³-hybridized carbons (Fsp3) is 0.321. The minimum atomic E-state index is -0.306. The van der Waals surface area contributed by atoms with Gasteiger partial charge in [0.1, 0.15) is 0 Å². The predicted octanol–water partition coefficient (Wildman–Crippen LogP) is 7.15. The third-order valence-corrected chi connectivity index (χ3v) is 6.63. The Bertz CT molecular complexity index is 1150. The van der Waals surface area contributed by atoms with E-state index >= 15 is 0 Å². The van der Waals surface area contributed by atoms with E-state index in [1.54, 1.807) is 0 Å². The molecule has 0 atom stereocenters. The van der Waals surface area contributed by atoms with Gasteiger partial charge in [-0.3, -0.25) is 0 Å². The van der Waals surface area contributed by atoms with E-state index < -0.39 is 0 Å². The van der Waals surface area contributed by atoms with Gasteiger partial charge in [0, 0.05) is 0 Å². The molecule has 0 amide bonds. The molecule has 0 aromatic heterocycles. The van der Waals surface area contributed by atoms with Crippen molar-refractivity contribution in [3.63, 3.8) is 0 Å². The lowest BCUT2D eigenvalue weighted by molar-refractivity contribution is 0.0601. The molecule has 0 fully saturated rings. The van der Waals surface area contributed by atoms with Crippen LogP contribution in [0.3, 0.4) is 0 Å². The summed E-state index contributed by atoms with van der Waals surface area (Å²) in [4.78, 5) is 11.7. The maximum Gasteiger partial charge on any atom is 0.337 e. The predicted molar refractivity (Wildman–Crippen MR) is 126 cm³/mol. The van der Waals surface area contributed by atoms with Gasteiger partial charge in [0.25, 0.3) is 0 Å². The number of fused-ring (bicyclic) bond motifs is 2. The van der Waals surface area contributed by atoms with Crippen molar-refractivity contribution in [2.24, 2.45) is 0 Å². The molecular weight excluding hydrogens is 368 g/mol. The SMILES string of the molecule is COC(=O)c1ccc2cc(/C=C/c3ccc4c(c3)C(C)(C)CCC4(C)C)ccc2c1. The van der Waals surface area contributed by atoms with Gasteiger partial charge in [-0.2, -0.15) is 0 Å². The van der Waals surface area contributed by atoms with Gasteiger partial charge in [-0.05, 0) is 74.9 Å². The summed E-state index contributed by atoms with van der Waals surface area (Å²) >= 11 is 0. The molecule has 0 unspecified atom stereocenters. The molecule has 1 aliphatic carbocycles. The molecule has 0 bridgehead atoms. The number of carbonyl (C=O) groups is 1. The van der Waals surface area contributed by atoms with Crippen molar-refractivity contribution in [1.29, 1.82) is 0 Å². The maximum atomic E-state index is 11.7. The van der Waals surface area contributed by atoms with Crippen molar-refractivity contribution in [3.8, 4) is 0 Å². The molecule has 0 heterocycles. The first-order valence-electron chi connectivity index (χ1n) is 10.6. The van der Waals surface area contributed by atoms with E-state index in [9.17, 15) is 4.79 Å². The molecule has 4 rings (SSSR count). The highest BCUT2D eigenvalue weighted by Crippen LogP contribution is 2.46. The lowest BCUT2D eigenvalue weighted by Gasteiger charge is -2.42. The van der Waals surface area contributed by atoms with Gasteiger partial charge in [-0.15, -0.1) is 0 Å². The molecule has 3 aromatic rings. The molecule has 0 radical (unpaired) electrons. The van der Waals surface area contributed by atoms with Gasteiger partial charge < -0.3 is 4.74 Å². The summed E-state index contributed by atoms with van der Waals surface area (Å²) in [5.41, 5.74) is 6.39. The highest BCUT2D eigenvalue weighted by atomic mass is 16.5. The summed E-state index contributed by atoms with van der Waals surface area (Å²) in [6, 6.07) is 18.9. The summed E-state index contributed by atoms with van der Waals surface area (Å²) in [5.74, 6) is -0.306. The van der Waals surface area contributed by atoms with Crippen molar-refractivity contribution in [2.45, 2.75) is 51.4 Å². The molecule has 3 aromatic carbocycles. The molecule has 0 spiro atoms. The Morgan fingerprint density at radius 2 is 1.33 bits per heavy atom. The largest absolute Gasteiger partial charge is 0.465 e. The van der Waals surface area contributed by atoms with E-state index in [-0.39, 0.29) is 16.8 Å². The van der Waals surface area contributed by atoms with Crippen molar-refractivity contribution in [1.82, 2.24) is 0 Å². The normalized spacial score (nSPS) is 17.1. The summed E-state index contributed by atoms with van der Waals surface area (Å²) in [6.45, 7) is 9.44. The second kappa shape index (κ2) is 7.43. The van der Waals surface area contributed by atoms with Crippen molar-refractivity contribution >= 4 is 28.9 Å². The van der Waals surface area contributed by atoms with E-state index in [4.69, 9.17) is 4.74 Å². The van der Waals surface area contributed by atoms with Crippen LogP contribution >= 0.6 is 0 Å². The number of esters is 1. The molecule has 0 saturated carbocycles. The van der Waals surface area contributed by atoms with Crippen LogP contribution in [0.2, 0.25) is 0 Å². The first-order chi connectivity index (χ1) is 14.2. The second-order valence-electron chi connectivity index (χ2n) is 9.72. The molecule has 154 valence electrons. The third kappa shape index (κ3) is 3.79. The van der Waals surface area contributed by atoms with E-state index in [2.05, 4.69) is 76.2 Å². The molecule has 0 saturated heterocycles. The van der Waals surface area contributed by atoms with Crippen molar-refractivity contribution in [3.05, 3.63) is 82.4 Å². The van der Waals surface area contributed by atoms with E-state index in [1.165, 1.54) is 36.6 Å². The van der Waals surface area contributed by atoms with Crippen LogP contribution in [0.25, 0.3) is 22.9 Å². The van der Waals surface area contributed by atoms with Crippen LogP contribution in [0.5, 0.6) is 0 Å². The highest BCUT2D eigenvalue weighted by molar-refractivity contribution is 5.96. The highest BCUT2D eigenvalue weighted by Gasteiger charge is 2.36. The fourth-order valence-electron chi connectivity index (χ4n) is 4.52. The lowest BCUT2D eigenvalue weighted by Crippen LogP contribution is -2.33. The van der Waals surface area contributed by atoms with Crippen LogP contribution in [0, 0.1) is 0 Å². The standard InChI is InChI=1S/C28H30O2/c1-27(2)14-15-28(3,4)25-17-20(9-13-24(25)27)7-6-19-8-10-22-18-23(26(29)30-5)12-11-21(22)16-19/h6-13,16-18H,14-15H2,1-5H3/b7-6+. The van der Waals surface area contributed by atoms with Crippen LogP contribution in [-0.4, -0.2) is 13.1 Å². The Labute approximate surface area is 179 Å². The summed E-state index contributed by atoms with van der Waals surface area (Å²) in [7, 11) is 1.41. The molecule has 30 heavy (non-hydrogen) atoms. The van der Waals surface area contributed by atoms with Crippen molar-refractivity contribution < 1.29 is 9.53 Å². The number of hydrogen-bond donors (Lipinski definition) is 0. The molecule has 0 aliphatic heterocycles. The van der Waals surface area contributed by atoms with Gasteiger partial charge >= 0.3 is 5.97 Å². The topological polar surface area (TPSA) is 26.3 Å². The van der Waals surface area contributed by atoms with Gasteiger partial charge in [-0.1, -0.05) is 76.2 Å². The molecule has 2 heteroatoms. The number of methoxy groups -OCH3 is 1. The Morgan fingerprint density at radius 1 is 0.767 bits per heavy atom. The van der Waals surface area contributed by atoms with Crippen molar-refractivity contribution in [2.75, 3.05) is 7.11 Å². The third-order valence-electron chi connectivity index (χ3n) is 6.63. The zero-order chi connectivity index (χ0) is 21.5. The monoisotopic (exact) mass is 398 g/mol. The summed E-state index contributed by atoms with van der Waals surface area (Å²) in [5, 5.41) is 2.14. The summed E-state index contributed by atoms with van der Waals surface area (Å²) in [6.07, 6.45) is 6.81. The Hall–Kier alpha value is -2.87. The van der Waals surface area contributed by atoms with Gasteiger partial charge in [0.2, 0.25) is 0 Å². The van der Waals surface area contributed by atoms with Crippen LogP contribution in [0.1, 0.15) is 73.1 Å². The quantitative estimate of drug-likeness (QED) is 0.346. The van der Waals surface area contributed by atoms with Crippen LogP contribution < -0.4 is 0 Å². The van der Waals surface area contributed by atoms with Gasteiger partial charge in [0.05, 0.1) is 12.7 Å². The van der Waals surface area contributed by atoms with Crippen LogP contribution in [0.4, 0.5) is 0 Å². The number of hydrogen-bond acceptors (Lipinski definition) is 2. The minimum Gasteiger partial charge on any atom is -0.465 e.